The number of fused-ring (bicyclic) bond motifs is 1. The van der Waals surface area contributed by atoms with Gasteiger partial charge < -0.3 is 10.7 Å². The van der Waals surface area contributed by atoms with Gasteiger partial charge in [0.25, 0.3) is 0 Å². The number of hydrogen-bond acceptors (Lipinski definition) is 1. The first kappa shape index (κ1) is 9.22. The predicted molar refractivity (Wildman–Crippen MR) is 62.4 cm³/mol. The zero-order chi connectivity index (χ0) is 10.3. The topological polar surface area (TPSA) is 41.8 Å². The minimum absolute atomic E-state index is 0.686. The smallest absolute Gasteiger partial charge is 0.0670 e. The van der Waals surface area contributed by atoms with Crippen molar-refractivity contribution >= 4 is 0 Å². The van der Waals surface area contributed by atoms with Gasteiger partial charge in [-0.05, 0) is 50.2 Å². The van der Waals surface area contributed by atoms with Crippen LogP contribution in [0.5, 0.6) is 0 Å². The monoisotopic (exact) mass is 202 g/mol. The molecule has 2 nitrogen and oxygen atoms in total. The molecule has 15 heavy (non-hydrogen) atoms. The lowest BCUT2D eigenvalue weighted by Gasteiger charge is -2.28. The molecule has 0 aromatic rings. The number of H-pyrrole nitrogens is 1. The summed E-state index contributed by atoms with van der Waals surface area (Å²) in [7, 11) is 0. The molecule has 3 aliphatic carbocycles. The van der Waals surface area contributed by atoms with E-state index in [9.17, 15) is 0 Å². The highest BCUT2D eigenvalue weighted by Gasteiger charge is 2.20. The molecule has 3 N–H and O–H groups in total. The van der Waals surface area contributed by atoms with Crippen LogP contribution in [-0.2, 0) is 6.54 Å². The molecule has 0 aromatic carbocycles. The van der Waals surface area contributed by atoms with E-state index in [1.54, 1.807) is 0 Å². The SMILES string of the molecule is C1CCC2=C(C1)CC2.NCc1cc2[nH]c1-2. The minimum atomic E-state index is 0.686. The molecule has 80 valence electrons. The molecule has 0 radical (unpaired) electrons. The minimum Gasteiger partial charge on any atom is -0.352 e. The number of nitrogens with two attached hydrogens (primary N) is 1. The van der Waals surface area contributed by atoms with Gasteiger partial charge in [0, 0.05) is 6.54 Å². The molecule has 0 saturated heterocycles. The molecular formula is C13H18N2. The van der Waals surface area contributed by atoms with Crippen LogP contribution in [0.25, 0.3) is 11.4 Å². The third kappa shape index (κ3) is 1.63. The second-order valence-corrected chi connectivity index (χ2v) is 4.70. The van der Waals surface area contributed by atoms with E-state index in [1.807, 2.05) is 11.1 Å². The van der Waals surface area contributed by atoms with Crippen LogP contribution in [-0.4, -0.2) is 4.98 Å². The summed E-state index contributed by atoms with van der Waals surface area (Å²) in [5.74, 6) is 0. The Morgan fingerprint density at radius 1 is 1.07 bits per heavy atom. The van der Waals surface area contributed by atoms with E-state index in [0.29, 0.717) is 6.54 Å². The fourth-order valence-corrected chi connectivity index (χ4v) is 2.55. The highest BCUT2D eigenvalue weighted by molar-refractivity contribution is 5.78. The van der Waals surface area contributed by atoms with Gasteiger partial charge >= 0.3 is 0 Å². The molecule has 2 heteroatoms. The van der Waals surface area contributed by atoms with Crippen molar-refractivity contribution in [2.45, 2.75) is 45.1 Å². The summed E-state index contributed by atoms with van der Waals surface area (Å²) in [6.45, 7) is 0.686. The second kappa shape index (κ2) is 3.53. The first-order valence-corrected chi connectivity index (χ1v) is 6.00. The molecule has 0 aromatic heterocycles. The quantitative estimate of drug-likeness (QED) is 0.685. The van der Waals surface area contributed by atoms with Crippen molar-refractivity contribution in [3.63, 3.8) is 0 Å². The average molecular weight is 202 g/mol. The molecular weight excluding hydrogens is 184 g/mol. The molecule has 1 aliphatic heterocycles. The summed E-state index contributed by atoms with van der Waals surface area (Å²) in [5.41, 5.74) is 12.8. The van der Waals surface area contributed by atoms with E-state index < -0.39 is 0 Å². The molecule has 4 rings (SSSR count). The van der Waals surface area contributed by atoms with Gasteiger partial charge in [-0.2, -0.15) is 0 Å². The number of hydrogen-bond donors (Lipinski definition) is 2. The fraction of sp³-hybridized carbons (Fsp3) is 0.538. The molecule has 0 bridgehead atoms. The van der Waals surface area contributed by atoms with Gasteiger partial charge in [0.15, 0.2) is 0 Å². The van der Waals surface area contributed by atoms with Gasteiger partial charge in [-0.1, -0.05) is 11.1 Å². The van der Waals surface area contributed by atoms with Gasteiger partial charge in [0.1, 0.15) is 0 Å². The number of aromatic amines is 1. The van der Waals surface area contributed by atoms with Crippen molar-refractivity contribution in [2.75, 3.05) is 0 Å². The lowest BCUT2D eigenvalue weighted by atomic mass is 9.78. The van der Waals surface area contributed by atoms with Gasteiger partial charge in [-0.25, -0.2) is 0 Å². The molecule has 0 unspecified atom stereocenters. The summed E-state index contributed by atoms with van der Waals surface area (Å²) >= 11 is 0. The van der Waals surface area contributed by atoms with Crippen molar-refractivity contribution in [1.29, 1.82) is 0 Å². The van der Waals surface area contributed by atoms with E-state index in [0.717, 1.165) is 0 Å². The third-order valence-electron chi connectivity index (χ3n) is 3.76. The first-order valence-electron chi connectivity index (χ1n) is 6.00. The maximum Gasteiger partial charge on any atom is 0.0670 e. The second-order valence-electron chi connectivity index (χ2n) is 4.70. The van der Waals surface area contributed by atoms with Crippen molar-refractivity contribution in [2.24, 2.45) is 5.73 Å². The Morgan fingerprint density at radius 2 is 1.73 bits per heavy atom. The van der Waals surface area contributed by atoms with Gasteiger partial charge in [0.2, 0.25) is 0 Å². The molecule has 0 spiro atoms. The molecule has 0 amide bonds. The van der Waals surface area contributed by atoms with Gasteiger partial charge in [-0.3, -0.25) is 0 Å². The van der Waals surface area contributed by atoms with Gasteiger partial charge in [0.05, 0.1) is 11.4 Å². The van der Waals surface area contributed by atoms with E-state index >= 15 is 0 Å². The summed E-state index contributed by atoms with van der Waals surface area (Å²) in [6, 6.07) is 2.08. The lowest BCUT2D eigenvalue weighted by Crippen LogP contribution is -2.08. The highest BCUT2D eigenvalue weighted by Crippen LogP contribution is 2.38. The molecule has 4 aliphatic rings. The number of rotatable bonds is 1. The van der Waals surface area contributed by atoms with Crippen LogP contribution < -0.4 is 5.73 Å². The van der Waals surface area contributed by atoms with E-state index in [-0.39, 0.29) is 0 Å². The van der Waals surface area contributed by atoms with Crippen molar-refractivity contribution < 1.29 is 0 Å². The van der Waals surface area contributed by atoms with E-state index in [1.165, 1.54) is 55.5 Å². The van der Waals surface area contributed by atoms with E-state index in [4.69, 9.17) is 5.73 Å². The van der Waals surface area contributed by atoms with Crippen LogP contribution in [0.2, 0.25) is 0 Å². The van der Waals surface area contributed by atoms with Crippen LogP contribution in [0, 0.1) is 0 Å². The van der Waals surface area contributed by atoms with Crippen molar-refractivity contribution in [1.82, 2.24) is 4.98 Å². The summed E-state index contributed by atoms with van der Waals surface area (Å²) in [4.78, 5) is 3.07. The van der Waals surface area contributed by atoms with Crippen LogP contribution in [0.4, 0.5) is 0 Å². The van der Waals surface area contributed by atoms with Crippen molar-refractivity contribution in [3.05, 3.63) is 22.8 Å². The Labute approximate surface area is 90.6 Å². The molecule has 0 saturated carbocycles. The van der Waals surface area contributed by atoms with Crippen LogP contribution in [0.15, 0.2) is 17.2 Å². The number of aromatic nitrogens is 1. The Hall–Kier alpha value is -1.02. The Balaban J connectivity index is 0.0000000971. The summed E-state index contributed by atoms with van der Waals surface area (Å²) in [5, 5.41) is 0. The van der Waals surface area contributed by atoms with Crippen LogP contribution in [0.3, 0.4) is 0 Å². The zero-order valence-electron chi connectivity index (χ0n) is 9.10. The van der Waals surface area contributed by atoms with Crippen LogP contribution in [0.1, 0.15) is 44.1 Å². The van der Waals surface area contributed by atoms with Gasteiger partial charge in [-0.15, -0.1) is 0 Å². The maximum absolute atomic E-state index is 5.31. The summed E-state index contributed by atoms with van der Waals surface area (Å²) in [6.07, 6.45) is 8.70. The molecule has 0 fully saturated rings. The summed E-state index contributed by atoms with van der Waals surface area (Å²) < 4.78 is 0. The molecule has 0 atom stereocenters. The Morgan fingerprint density at radius 3 is 1.93 bits per heavy atom. The highest BCUT2D eigenvalue weighted by atomic mass is 14.9. The van der Waals surface area contributed by atoms with Crippen LogP contribution >= 0.6 is 0 Å². The average Bonchev–Trinajstić information content (AvgIpc) is 2.82. The molecule has 1 heterocycles. The number of allylic oxidation sites excluding steroid dienone is 2. The van der Waals surface area contributed by atoms with E-state index in [2.05, 4.69) is 11.1 Å². The maximum atomic E-state index is 5.31. The number of nitrogens with one attached hydrogen (secondary N) is 1. The van der Waals surface area contributed by atoms with Crippen molar-refractivity contribution in [3.8, 4) is 11.4 Å². The fourth-order valence-electron chi connectivity index (χ4n) is 2.55. The zero-order valence-corrected chi connectivity index (χ0v) is 9.10. The first-order chi connectivity index (χ1) is 7.38. The normalized spacial score (nSPS) is 20.1. The largest absolute Gasteiger partial charge is 0.352 e. The Kier molecular flexibility index (Phi) is 2.17. The lowest BCUT2D eigenvalue weighted by molar-refractivity contribution is 0.572. The third-order valence-corrected chi connectivity index (χ3v) is 3.76. The predicted octanol–water partition coefficient (Wildman–Crippen LogP) is 3.10. The standard InChI is InChI=1S/C8H12.C5H6N2/c1-2-4-8-6-5-7(8)3-1;6-2-3-1-4-5(3)7-4/h1-6H2;1,7H,2,6H2. The Bertz CT molecular complexity index is 396.